The van der Waals surface area contributed by atoms with E-state index in [9.17, 15) is 9.59 Å². The Hall–Kier alpha value is -1.83. The Morgan fingerprint density at radius 2 is 1.85 bits per heavy atom. The van der Waals surface area contributed by atoms with Crippen molar-refractivity contribution in [3.63, 3.8) is 0 Å². The Balaban J connectivity index is 0.000000212. The Morgan fingerprint density at radius 1 is 1.19 bits per heavy atom. The number of thioether (sulfide) groups is 1. The molecule has 2 amide bonds. The zero-order valence-corrected chi connectivity index (χ0v) is 17.8. The Kier molecular flexibility index (Phi) is 12.3. The van der Waals surface area contributed by atoms with Gasteiger partial charge in [-0.3, -0.25) is 9.59 Å². The number of rotatable bonds is 2. The fourth-order valence-electron chi connectivity index (χ4n) is 1.97. The minimum atomic E-state index is -0.0708. The van der Waals surface area contributed by atoms with E-state index < -0.39 is 0 Å². The molecule has 3 rings (SSSR count). The van der Waals surface area contributed by atoms with Gasteiger partial charge in [0.2, 0.25) is 5.91 Å². The summed E-state index contributed by atoms with van der Waals surface area (Å²) in [6.07, 6.45) is 1.12. The minimum absolute atomic E-state index is 0.0708. The lowest BCUT2D eigenvalue weighted by atomic mass is 10.1. The van der Waals surface area contributed by atoms with Crippen LogP contribution in [-0.4, -0.2) is 36.9 Å². The van der Waals surface area contributed by atoms with Gasteiger partial charge in [-0.2, -0.15) is 11.8 Å². The summed E-state index contributed by atoms with van der Waals surface area (Å²) in [6, 6.07) is 17.2. The highest BCUT2D eigenvalue weighted by Crippen LogP contribution is 2.05. The van der Waals surface area contributed by atoms with E-state index in [-0.39, 0.29) is 11.8 Å². The molecule has 146 valence electrons. The molecule has 0 aliphatic carbocycles. The Labute approximate surface area is 173 Å². The largest absolute Gasteiger partial charge is 0.355 e. The highest BCUT2D eigenvalue weighted by molar-refractivity contribution is 9.10. The molecule has 0 unspecified atom stereocenters. The number of carbonyl (C=O) groups is 2. The first-order chi connectivity index (χ1) is 13.1. The first-order valence-corrected chi connectivity index (χ1v) is 10.6. The van der Waals surface area contributed by atoms with Crippen LogP contribution in [0.25, 0.3) is 0 Å². The maximum atomic E-state index is 11.1. The summed E-state index contributed by atoms with van der Waals surface area (Å²) in [7, 11) is 1.61. The van der Waals surface area contributed by atoms with Gasteiger partial charge in [0.15, 0.2) is 0 Å². The molecule has 0 aromatic heterocycles. The van der Waals surface area contributed by atoms with Crippen molar-refractivity contribution in [1.29, 1.82) is 0 Å². The molecule has 27 heavy (non-hydrogen) atoms. The van der Waals surface area contributed by atoms with Crippen LogP contribution in [-0.2, 0) is 11.3 Å². The van der Waals surface area contributed by atoms with Crippen molar-refractivity contribution in [3.05, 3.63) is 70.2 Å². The molecule has 2 aromatic rings. The van der Waals surface area contributed by atoms with Crippen molar-refractivity contribution in [3.8, 4) is 0 Å². The normalized spacial score (nSPS) is 12.9. The smallest absolute Gasteiger partial charge is 0.251 e. The second kappa shape index (κ2) is 14.3. The van der Waals surface area contributed by atoms with Gasteiger partial charge in [-0.1, -0.05) is 46.3 Å². The number of nitrogens with one attached hydrogen (secondary N) is 2. The van der Waals surface area contributed by atoms with Crippen LogP contribution in [0.4, 0.5) is 0 Å². The summed E-state index contributed by atoms with van der Waals surface area (Å²) < 4.78 is 1.13. The first kappa shape index (κ1) is 23.2. The van der Waals surface area contributed by atoms with Crippen LogP contribution in [0.5, 0.6) is 0 Å². The summed E-state index contributed by atoms with van der Waals surface area (Å²) in [5.41, 5.74) is 7.10. The van der Waals surface area contributed by atoms with Crippen LogP contribution < -0.4 is 16.4 Å². The van der Waals surface area contributed by atoms with Crippen molar-refractivity contribution in [2.45, 2.75) is 13.0 Å². The van der Waals surface area contributed by atoms with E-state index in [0.29, 0.717) is 17.9 Å². The third kappa shape index (κ3) is 10.8. The third-order valence-electron chi connectivity index (χ3n) is 3.43. The van der Waals surface area contributed by atoms with Crippen LogP contribution in [0, 0.1) is 0 Å². The number of amides is 2. The van der Waals surface area contributed by atoms with E-state index in [0.717, 1.165) is 28.8 Å². The molecule has 5 nitrogen and oxygen atoms in total. The molecule has 0 saturated carbocycles. The summed E-state index contributed by atoms with van der Waals surface area (Å²) in [5.74, 6) is 1.89. The maximum Gasteiger partial charge on any atom is 0.251 e. The minimum Gasteiger partial charge on any atom is -0.355 e. The monoisotopic (exact) mass is 451 g/mol. The number of hydrogen-bond acceptors (Lipinski definition) is 4. The fraction of sp³-hybridized carbons (Fsp3) is 0.300. The zero-order chi connectivity index (χ0) is 19.9. The highest BCUT2D eigenvalue weighted by atomic mass is 79.9. The number of nitrogens with two attached hydrogens (primary N) is 1. The lowest BCUT2D eigenvalue weighted by molar-refractivity contribution is -0.118. The van der Waals surface area contributed by atoms with E-state index >= 15 is 0 Å². The molecule has 1 aliphatic rings. The number of benzene rings is 2. The van der Waals surface area contributed by atoms with Gasteiger partial charge in [0.05, 0.1) is 5.75 Å². The molecule has 1 heterocycles. The van der Waals surface area contributed by atoms with E-state index in [2.05, 4.69) is 26.6 Å². The molecule has 7 heteroatoms. The zero-order valence-electron chi connectivity index (χ0n) is 15.4. The number of halogens is 1. The van der Waals surface area contributed by atoms with E-state index in [1.807, 2.05) is 42.5 Å². The quantitative estimate of drug-likeness (QED) is 0.654. The molecule has 1 fully saturated rings. The van der Waals surface area contributed by atoms with Crippen LogP contribution >= 0.6 is 27.7 Å². The molecule has 0 bridgehead atoms. The van der Waals surface area contributed by atoms with Crippen LogP contribution in [0.2, 0.25) is 0 Å². The Morgan fingerprint density at radius 3 is 2.37 bits per heavy atom. The van der Waals surface area contributed by atoms with Crippen LogP contribution in [0.15, 0.2) is 59.1 Å². The van der Waals surface area contributed by atoms with Gasteiger partial charge in [0.25, 0.3) is 5.91 Å². The lowest BCUT2D eigenvalue weighted by Crippen LogP contribution is -2.23. The molecule has 2 aromatic carbocycles. The third-order valence-corrected chi connectivity index (χ3v) is 5.01. The van der Waals surface area contributed by atoms with Gasteiger partial charge in [-0.05, 0) is 42.0 Å². The molecule has 0 radical (unpaired) electrons. The van der Waals surface area contributed by atoms with E-state index in [1.165, 1.54) is 0 Å². The van der Waals surface area contributed by atoms with Crippen molar-refractivity contribution in [1.82, 2.24) is 10.6 Å². The van der Waals surface area contributed by atoms with Gasteiger partial charge < -0.3 is 16.4 Å². The van der Waals surface area contributed by atoms with Gasteiger partial charge in [-0.25, -0.2) is 0 Å². The van der Waals surface area contributed by atoms with Gasteiger partial charge in [0.1, 0.15) is 0 Å². The molecule has 4 N–H and O–H groups in total. The van der Waals surface area contributed by atoms with Crippen LogP contribution in [0.1, 0.15) is 22.3 Å². The van der Waals surface area contributed by atoms with Gasteiger partial charge >= 0.3 is 0 Å². The van der Waals surface area contributed by atoms with Crippen molar-refractivity contribution >= 4 is 39.5 Å². The van der Waals surface area contributed by atoms with Crippen molar-refractivity contribution in [2.24, 2.45) is 5.73 Å². The topological polar surface area (TPSA) is 84.2 Å². The fourth-order valence-corrected chi connectivity index (χ4v) is 3.05. The van der Waals surface area contributed by atoms with E-state index in [4.69, 9.17) is 5.73 Å². The molecule has 1 aliphatic heterocycles. The summed E-state index contributed by atoms with van der Waals surface area (Å²) in [5, 5.41) is 5.33. The predicted molar refractivity (Wildman–Crippen MR) is 117 cm³/mol. The molecule has 0 spiro atoms. The summed E-state index contributed by atoms with van der Waals surface area (Å²) >= 11 is 5.02. The van der Waals surface area contributed by atoms with E-state index in [1.54, 1.807) is 30.9 Å². The highest BCUT2D eigenvalue weighted by Gasteiger charge is 2.03. The molecular formula is C20H26BrN3O2S. The second-order valence-corrected chi connectivity index (χ2v) is 7.55. The number of carbonyl (C=O) groups excluding carboxylic acids is 2. The maximum absolute atomic E-state index is 11.1. The molecule has 1 saturated heterocycles. The summed E-state index contributed by atoms with van der Waals surface area (Å²) in [4.78, 5) is 21.6. The average molecular weight is 452 g/mol. The lowest BCUT2D eigenvalue weighted by Gasteiger charge is -2.00. The standard InChI is InChI=1S/C9H12N2O.C6H5Br.C5H9NOS/c1-11-9(12)8-4-2-7(6-10)3-5-8;7-6-4-2-1-3-5-6;7-5-4-8-3-1-2-6-5/h2-5H,6,10H2,1H3,(H,11,12);1-5H;1-4H2,(H,6,7). The first-order valence-electron chi connectivity index (χ1n) is 8.63. The second-order valence-electron chi connectivity index (χ2n) is 5.53. The number of hydrogen-bond donors (Lipinski definition) is 3. The van der Waals surface area contributed by atoms with Gasteiger partial charge in [-0.15, -0.1) is 0 Å². The SMILES string of the molecule is Brc1ccccc1.CNC(=O)c1ccc(CN)cc1.O=C1CSCCCN1. The Bertz CT molecular complexity index is 671. The molecule has 0 atom stereocenters. The van der Waals surface area contributed by atoms with Crippen LogP contribution in [0.3, 0.4) is 0 Å². The predicted octanol–water partition coefficient (Wildman–Crippen LogP) is 3.19. The van der Waals surface area contributed by atoms with Crippen molar-refractivity contribution in [2.75, 3.05) is 25.1 Å². The molecular weight excluding hydrogens is 426 g/mol. The summed E-state index contributed by atoms with van der Waals surface area (Å²) in [6.45, 7) is 1.37. The van der Waals surface area contributed by atoms with Crippen molar-refractivity contribution < 1.29 is 9.59 Å². The average Bonchev–Trinajstić information content (AvgIpc) is 2.96. The van der Waals surface area contributed by atoms with Gasteiger partial charge in [0, 0.05) is 30.2 Å².